The van der Waals surface area contributed by atoms with Crippen LogP contribution in [0.1, 0.15) is 11.1 Å². The predicted octanol–water partition coefficient (Wildman–Crippen LogP) is 9.14. The van der Waals surface area contributed by atoms with Crippen molar-refractivity contribution in [3.63, 3.8) is 0 Å². The molecule has 49 heavy (non-hydrogen) atoms. The van der Waals surface area contributed by atoms with E-state index in [4.69, 9.17) is 9.97 Å². The topological polar surface area (TPSA) is 64.5 Å². The van der Waals surface area contributed by atoms with E-state index in [9.17, 15) is 0 Å². The van der Waals surface area contributed by atoms with E-state index in [1.54, 1.807) is 12.4 Å². The number of para-hydroxylation sites is 4. The molecule has 0 N–H and O–H groups in total. The van der Waals surface area contributed by atoms with Crippen LogP contribution >= 0.6 is 0 Å². The Morgan fingerprint density at radius 2 is 1.06 bits per heavy atom. The number of rotatable bonds is 4. The predicted molar refractivity (Wildman–Crippen MR) is 192 cm³/mol. The van der Waals surface area contributed by atoms with Crippen LogP contribution in [0.25, 0.3) is 11.0 Å². The fourth-order valence-electron chi connectivity index (χ4n) is 5.75. The molecule has 4 heterocycles. The molecule has 0 bridgehead atoms. The molecule has 0 atom stereocenters. The molecule has 2 aliphatic rings. The third-order valence-corrected chi connectivity index (χ3v) is 8.04. The van der Waals surface area contributed by atoms with Crippen molar-refractivity contribution < 1.29 is 20.1 Å². The second kappa shape index (κ2) is 13.8. The summed E-state index contributed by atoms with van der Waals surface area (Å²) >= 11 is 0. The van der Waals surface area contributed by atoms with Gasteiger partial charge in [0.2, 0.25) is 0 Å². The maximum atomic E-state index is 4.87. The number of fused-ring (bicyclic) bond motifs is 3. The molecule has 0 unspecified atom stereocenters. The standard InChI is InChI=1S/C21H14N4.C19H16N4.Ir/c1-3-9-16(10-4-1)24-15-25(17-11-5-2-6-12-17)21-20(24)22-18-13-7-8-14-19(18)23-21;1-14-5-3-7-16(11-14)22-13-23(17-8-4-6-15(2)12-17)19-18(22)20-9-10-21-19;/h1-11,13-15H;3-7,9-13H,1-2H3;/q2*-2;. The zero-order valence-corrected chi connectivity index (χ0v) is 29.2. The van der Waals surface area contributed by atoms with Gasteiger partial charge in [-0.15, -0.1) is 30.8 Å². The Balaban J connectivity index is 0.000000152. The van der Waals surface area contributed by atoms with Crippen molar-refractivity contribution in [1.29, 1.82) is 0 Å². The smallest absolute Gasteiger partial charge is 0.146 e. The van der Waals surface area contributed by atoms with E-state index >= 15 is 0 Å². The van der Waals surface area contributed by atoms with Gasteiger partial charge in [0.15, 0.2) is 0 Å². The molecule has 9 rings (SSSR count). The first-order valence-electron chi connectivity index (χ1n) is 15.6. The summed E-state index contributed by atoms with van der Waals surface area (Å²) in [7, 11) is 0. The van der Waals surface area contributed by atoms with Gasteiger partial charge in [0.05, 0.1) is 11.0 Å². The summed E-state index contributed by atoms with van der Waals surface area (Å²) in [5.74, 6) is 3.27. The SMILES string of the molecule is Cc1cc[c-]c(N2[CH-]N(c3cccc(C)c3)c3nccnc32)c1.[Ir].[c-]1ccccc1N1[CH-]N(c2ccccc2)c2nc3ccccc3nc21. The van der Waals surface area contributed by atoms with Crippen LogP contribution in [0.4, 0.5) is 46.0 Å². The van der Waals surface area contributed by atoms with Crippen LogP contribution < -0.4 is 19.6 Å². The van der Waals surface area contributed by atoms with E-state index in [1.807, 2.05) is 102 Å². The van der Waals surface area contributed by atoms with Gasteiger partial charge < -0.3 is 19.6 Å². The van der Waals surface area contributed by atoms with Crippen molar-refractivity contribution in [2.75, 3.05) is 19.6 Å². The van der Waals surface area contributed by atoms with E-state index < -0.39 is 0 Å². The van der Waals surface area contributed by atoms with Crippen LogP contribution in [-0.2, 0) is 20.1 Å². The van der Waals surface area contributed by atoms with Gasteiger partial charge in [-0.2, -0.15) is 54.1 Å². The first kappa shape index (κ1) is 31.9. The Hall–Kier alpha value is -5.63. The van der Waals surface area contributed by atoms with Crippen molar-refractivity contribution in [3.8, 4) is 0 Å². The zero-order chi connectivity index (χ0) is 32.5. The second-order valence-electron chi connectivity index (χ2n) is 11.4. The van der Waals surface area contributed by atoms with Crippen molar-refractivity contribution in [1.82, 2.24) is 19.9 Å². The average Bonchev–Trinajstić information content (AvgIpc) is 3.71. The van der Waals surface area contributed by atoms with Crippen molar-refractivity contribution in [2.24, 2.45) is 0 Å². The largest absolute Gasteiger partial charge is 0.477 e. The Labute approximate surface area is 299 Å². The summed E-state index contributed by atoms with van der Waals surface area (Å²) in [6.45, 7) is 8.20. The minimum atomic E-state index is 0. The van der Waals surface area contributed by atoms with Crippen molar-refractivity contribution in [2.45, 2.75) is 13.8 Å². The molecule has 5 aromatic carbocycles. The number of aryl methyl sites for hydroxylation is 2. The molecule has 8 nitrogen and oxygen atoms in total. The maximum Gasteiger partial charge on any atom is 0.146 e. The number of aromatic nitrogens is 4. The molecule has 0 amide bonds. The molecule has 0 spiro atoms. The van der Waals surface area contributed by atoms with E-state index in [0.717, 1.165) is 57.1 Å². The van der Waals surface area contributed by atoms with Crippen LogP contribution in [0, 0.1) is 39.3 Å². The molecular weight excluding hydrogens is 785 g/mol. The van der Waals surface area contributed by atoms with Gasteiger partial charge in [-0.05, 0) is 48.9 Å². The first-order chi connectivity index (χ1) is 23.6. The van der Waals surface area contributed by atoms with Crippen LogP contribution in [0.15, 0.2) is 134 Å². The molecule has 0 fully saturated rings. The third kappa shape index (κ3) is 6.34. The fourth-order valence-corrected chi connectivity index (χ4v) is 5.75. The zero-order valence-electron chi connectivity index (χ0n) is 26.8. The molecule has 2 aromatic heterocycles. The van der Waals surface area contributed by atoms with Gasteiger partial charge >= 0.3 is 0 Å². The van der Waals surface area contributed by atoms with E-state index in [-0.39, 0.29) is 20.1 Å². The van der Waals surface area contributed by atoms with Crippen LogP contribution in [0.3, 0.4) is 0 Å². The molecule has 0 aliphatic carbocycles. The summed E-state index contributed by atoms with van der Waals surface area (Å²) < 4.78 is 0. The molecular formula is C40H30IrN8-4. The van der Waals surface area contributed by atoms with Crippen LogP contribution in [0.5, 0.6) is 0 Å². The Bertz CT molecular complexity index is 2060. The number of hydrogen-bond acceptors (Lipinski definition) is 8. The minimum absolute atomic E-state index is 0. The van der Waals surface area contributed by atoms with Gasteiger partial charge in [0.1, 0.15) is 23.3 Å². The molecule has 243 valence electrons. The quantitative estimate of drug-likeness (QED) is 0.163. The van der Waals surface area contributed by atoms with Gasteiger partial charge in [-0.3, -0.25) is 0 Å². The maximum absolute atomic E-state index is 4.87. The molecule has 0 saturated carbocycles. The summed E-state index contributed by atoms with van der Waals surface area (Å²) in [5, 5.41) is 0. The van der Waals surface area contributed by atoms with Crippen molar-refractivity contribution in [3.05, 3.63) is 170 Å². The fraction of sp³-hybridized carbons (Fsp3) is 0.0500. The summed E-state index contributed by atoms with van der Waals surface area (Å²) in [4.78, 5) is 26.9. The number of anilines is 8. The molecule has 0 saturated heterocycles. The second-order valence-corrected chi connectivity index (χ2v) is 11.4. The van der Waals surface area contributed by atoms with E-state index in [2.05, 4.69) is 88.2 Å². The summed E-state index contributed by atoms with van der Waals surface area (Å²) in [6, 6.07) is 47.0. The van der Waals surface area contributed by atoms with E-state index in [0.29, 0.717) is 0 Å². The summed E-state index contributed by atoms with van der Waals surface area (Å²) in [6.07, 6.45) is 3.44. The first-order valence-corrected chi connectivity index (χ1v) is 15.6. The number of nitrogens with zero attached hydrogens (tertiary/aromatic N) is 8. The van der Waals surface area contributed by atoms with Crippen LogP contribution in [-0.4, -0.2) is 19.9 Å². The molecule has 2 aliphatic heterocycles. The minimum Gasteiger partial charge on any atom is -0.477 e. The molecule has 7 aromatic rings. The number of benzene rings is 5. The van der Waals surface area contributed by atoms with Gasteiger partial charge in [0.25, 0.3) is 0 Å². The van der Waals surface area contributed by atoms with E-state index in [1.165, 1.54) is 11.1 Å². The summed E-state index contributed by atoms with van der Waals surface area (Å²) in [5.41, 5.74) is 8.18. The molecule has 1 radical (unpaired) electrons. The van der Waals surface area contributed by atoms with Crippen LogP contribution in [0.2, 0.25) is 0 Å². The Morgan fingerprint density at radius 3 is 1.73 bits per heavy atom. The Kier molecular flexibility index (Phi) is 9.03. The van der Waals surface area contributed by atoms with Gasteiger partial charge in [-0.1, -0.05) is 49.4 Å². The normalized spacial score (nSPS) is 13.0. The van der Waals surface area contributed by atoms with Gasteiger partial charge in [0, 0.05) is 43.9 Å². The molecule has 9 heteroatoms. The number of hydrogen-bond donors (Lipinski definition) is 0. The van der Waals surface area contributed by atoms with Gasteiger partial charge in [-0.25, -0.2) is 19.9 Å². The monoisotopic (exact) mass is 815 g/mol. The van der Waals surface area contributed by atoms with Crippen molar-refractivity contribution >= 4 is 57.1 Å². The Morgan fingerprint density at radius 1 is 0.490 bits per heavy atom. The third-order valence-electron chi connectivity index (χ3n) is 8.04. The average molecular weight is 815 g/mol.